The van der Waals surface area contributed by atoms with Gasteiger partial charge in [-0.25, -0.2) is 13.2 Å². The molecule has 7 heteroatoms. The molecule has 0 spiro atoms. The minimum atomic E-state index is -3.10. The molecule has 4 nitrogen and oxygen atoms in total. The van der Waals surface area contributed by atoms with Crippen LogP contribution in [0.5, 0.6) is 0 Å². The molecule has 0 aliphatic carbocycles. The van der Waals surface area contributed by atoms with Crippen molar-refractivity contribution in [3.8, 4) is 0 Å². The molecule has 14 heavy (non-hydrogen) atoms. The normalized spacial score (nSPS) is 10.6. The molecule has 76 valence electrons. The topological polar surface area (TPSA) is 76.0 Å². The molecule has 0 aliphatic rings. The number of rotatable bonds is 2. The smallest absolute Gasteiger partial charge is 0.269 e. The summed E-state index contributed by atoms with van der Waals surface area (Å²) in [4.78, 5) is 23.2. The summed E-state index contributed by atoms with van der Waals surface area (Å²) in [6.45, 7) is 0. The maximum atomic E-state index is 12.9. The number of carbonyl (C=O) groups excluding carboxylic acids is 1. The monoisotopic (exact) mass is 206 g/mol. The minimum Gasteiger partial charge on any atom is -0.364 e. The van der Waals surface area contributed by atoms with Gasteiger partial charge in [0.1, 0.15) is 5.69 Å². The third-order valence-electron chi connectivity index (χ3n) is 1.53. The lowest BCUT2D eigenvalue weighted by atomic mass is 10.2. The van der Waals surface area contributed by atoms with Crippen molar-refractivity contribution in [2.24, 2.45) is 5.73 Å². The van der Waals surface area contributed by atoms with E-state index in [9.17, 15) is 22.8 Å². The number of primary amides is 1. The summed E-state index contributed by atoms with van der Waals surface area (Å²) >= 11 is 0. The van der Waals surface area contributed by atoms with Crippen LogP contribution in [0.25, 0.3) is 0 Å². The van der Waals surface area contributed by atoms with E-state index in [1.807, 2.05) is 4.98 Å². The lowest BCUT2D eigenvalue weighted by molar-refractivity contribution is 0.0989. The minimum absolute atomic E-state index is 0.566. The van der Waals surface area contributed by atoms with Gasteiger partial charge in [-0.15, -0.1) is 0 Å². The van der Waals surface area contributed by atoms with Crippen LogP contribution in [0.15, 0.2) is 11.0 Å². The highest BCUT2D eigenvalue weighted by Crippen LogP contribution is 2.14. The van der Waals surface area contributed by atoms with Gasteiger partial charge in [0.2, 0.25) is 5.43 Å². The molecule has 1 heterocycles. The Hall–Kier alpha value is -1.79. The highest BCUT2D eigenvalue weighted by atomic mass is 19.3. The summed E-state index contributed by atoms with van der Waals surface area (Å²) in [5.41, 5.74) is 1.31. The first-order valence-electron chi connectivity index (χ1n) is 3.44. The van der Waals surface area contributed by atoms with Crippen LogP contribution >= 0.6 is 0 Å². The molecular weight excluding hydrogens is 201 g/mol. The average Bonchev–Trinajstić information content (AvgIpc) is 2.08. The lowest BCUT2D eigenvalue weighted by Gasteiger charge is -2.01. The molecule has 3 N–H and O–H groups in total. The van der Waals surface area contributed by atoms with Crippen LogP contribution in [0.4, 0.5) is 13.2 Å². The van der Waals surface area contributed by atoms with Crippen molar-refractivity contribution in [1.29, 1.82) is 0 Å². The Labute approximate surface area is 75.5 Å². The summed E-state index contributed by atoms with van der Waals surface area (Å²) in [5, 5.41) is 0. The van der Waals surface area contributed by atoms with Gasteiger partial charge in [-0.3, -0.25) is 9.59 Å². The second-order valence-corrected chi connectivity index (χ2v) is 2.43. The summed E-state index contributed by atoms with van der Waals surface area (Å²) in [5.74, 6) is -2.81. The van der Waals surface area contributed by atoms with E-state index in [2.05, 4.69) is 5.73 Å². The Morgan fingerprint density at radius 1 is 1.50 bits per heavy atom. The molecule has 0 saturated heterocycles. The van der Waals surface area contributed by atoms with E-state index in [0.29, 0.717) is 6.20 Å². The summed E-state index contributed by atoms with van der Waals surface area (Å²) in [7, 11) is 0. The van der Waals surface area contributed by atoms with Crippen LogP contribution in [-0.2, 0) is 0 Å². The number of H-pyrrole nitrogens is 1. The fraction of sp³-hybridized carbons (Fsp3) is 0.143. The zero-order chi connectivity index (χ0) is 10.9. The van der Waals surface area contributed by atoms with Gasteiger partial charge >= 0.3 is 0 Å². The van der Waals surface area contributed by atoms with Gasteiger partial charge in [0.05, 0.1) is 5.56 Å². The van der Waals surface area contributed by atoms with Crippen molar-refractivity contribution in [1.82, 2.24) is 4.98 Å². The number of nitrogens with two attached hydrogens (primary N) is 1. The second kappa shape index (κ2) is 3.52. The predicted molar refractivity (Wildman–Crippen MR) is 40.5 cm³/mol. The highest BCUT2D eigenvalue weighted by Gasteiger charge is 2.19. The van der Waals surface area contributed by atoms with E-state index in [0.717, 1.165) is 0 Å². The summed E-state index contributed by atoms with van der Waals surface area (Å²) in [6.07, 6.45) is -2.54. The highest BCUT2D eigenvalue weighted by molar-refractivity contribution is 5.90. The first-order chi connectivity index (χ1) is 6.45. The second-order valence-electron chi connectivity index (χ2n) is 2.43. The van der Waals surface area contributed by atoms with Crippen LogP contribution < -0.4 is 11.2 Å². The zero-order valence-corrected chi connectivity index (χ0v) is 6.68. The fourth-order valence-electron chi connectivity index (χ4n) is 0.860. The molecule has 1 amide bonds. The van der Waals surface area contributed by atoms with Crippen LogP contribution in [0.3, 0.4) is 0 Å². The zero-order valence-electron chi connectivity index (χ0n) is 6.68. The van der Waals surface area contributed by atoms with Crippen LogP contribution in [0.1, 0.15) is 22.5 Å². The quantitative estimate of drug-likeness (QED) is 0.741. The molecule has 0 bridgehead atoms. The molecule has 0 fully saturated rings. The number of hydrogen-bond donors (Lipinski definition) is 2. The van der Waals surface area contributed by atoms with Crippen LogP contribution in [0, 0.1) is 5.82 Å². The van der Waals surface area contributed by atoms with Crippen LogP contribution in [-0.4, -0.2) is 10.9 Å². The van der Waals surface area contributed by atoms with Gasteiger partial charge in [-0.2, -0.15) is 0 Å². The average molecular weight is 206 g/mol. The molecule has 0 aromatic carbocycles. The van der Waals surface area contributed by atoms with E-state index in [1.54, 1.807) is 0 Å². The van der Waals surface area contributed by atoms with Crippen molar-refractivity contribution < 1.29 is 18.0 Å². The molecule has 0 atom stereocenters. The number of alkyl halides is 2. The number of aromatic nitrogens is 1. The van der Waals surface area contributed by atoms with Gasteiger partial charge in [-0.1, -0.05) is 0 Å². The van der Waals surface area contributed by atoms with Gasteiger partial charge in [0.15, 0.2) is 5.82 Å². The first kappa shape index (κ1) is 10.3. The Morgan fingerprint density at radius 2 is 2.07 bits per heavy atom. The number of halogens is 3. The maximum absolute atomic E-state index is 12.9. The van der Waals surface area contributed by atoms with Crippen LogP contribution in [0.2, 0.25) is 0 Å². The van der Waals surface area contributed by atoms with Crippen molar-refractivity contribution in [2.75, 3.05) is 0 Å². The molecule has 0 aliphatic heterocycles. The number of pyridine rings is 1. The Morgan fingerprint density at radius 3 is 2.50 bits per heavy atom. The van der Waals surface area contributed by atoms with Crippen molar-refractivity contribution >= 4 is 5.91 Å². The number of amides is 1. The van der Waals surface area contributed by atoms with E-state index < -0.39 is 34.8 Å². The fourth-order valence-corrected chi connectivity index (χ4v) is 0.860. The number of hydrogen-bond acceptors (Lipinski definition) is 2. The van der Waals surface area contributed by atoms with Crippen molar-refractivity contribution in [2.45, 2.75) is 6.43 Å². The Bertz CT molecular complexity index is 427. The predicted octanol–water partition coefficient (Wildman–Crippen LogP) is 0.550. The molecular formula is C7H5F3N2O2. The van der Waals surface area contributed by atoms with Crippen molar-refractivity contribution in [3.05, 3.63) is 33.5 Å². The van der Waals surface area contributed by atoms with Gasteiger partial charge in [0.25, 0.3) is 12.3 Å². The van der Waals surface area contributed by atoms with E-state index in [4.69, 9.17) is 0 Å². The van der Waals surface area contributed by atoms with E-state index in [-0.39, 0.29) is 0 Å². The molecule has 0 saturated carbocycles. The number of carbonyl (C=O) groups is 1. The standard InChI is InChI=1S/C7H5F3N2O2/c8-3-4(7(11)14)12-1-2(5(3)13)6(9)10/h1,6H,(H2,11,14)(H,12,13). The number of nitrogens with one attached hydrogen (secondary N) is 1. The maximum Gasteiger partial charge on any atom is 0.269 e. The molecule has 0 radical (unpaired) electrons. The number of aromatic amines is 1. The molecule has 1 aromatic rings. The van der Waals surface area contributed by atoms with E-state index >= 15 is 0 Å². The Balaban J connectivity index is 3.42. The summed E-state index contributed by atoms with van der Waals surface area (Å²) < 4.78 is 37.0. The first-order valence-corrected chi connectivity index (χ1v) is 3.44. The summed E-state index contributed by atoms with van der Waals surface area (Å²) in [6, 6.07) is 0. The van der Waals surface area contributed by atoms with Gasteiger partial charge < -0.3 is 10.7 Å². The molecule has 1 rings (SSSR count). The van der Waals surface area contributed by atoms with Crippen molar-refractivity contribution in [3.63, 3.8) is 0 Å². The largest absolute Gasteiger partial charge is 0.364 e. The third-order valence-corrected chi connectivity index (χ3v) is 1.53. The third kappa shape index (κ3) is 1.61. The van der Waals surface area contributed by atoms with E-state index in [1.165, 1.54) is 0 Å². The SMILES string of the molecule is NC(=O)c1[nH]cc(C(F)F)c(=O)c1F. The molecule has 0 unspecified atom stereocenters. The lowest BCUT2D eigenvalue weighted by Crippen LogP contribution is -2.23. The Kier molecular flexibility index (Phi) is 2.59. The van der Waals surface area contributed by atoms with Gasteiger partial charge in [-0.05, 0) is 0 Å². The molecule has 1 aromatic heterocycles. The van der Waals surface area contributed by atoms with Gasteiger partial charge in [0, 0.05) is 6.20 Å².